The van der Waals surface area contributed by atoms with Gasteiger partial charge in [0.25, 0.3) is 0 Å². The first kappa shape index (κ1) is 14.6. The van der Waals surface area contributed by atoms with Crippen LogP contribution in [0, 0.1) is 0 Å². The lowest BCUT2D eigenvalue weighted by molar-refractivity contribution is 0.0769. The summed E-state index contributed by atoms with van der Waals surface area (Å²) in [5, 5.41) is 0. The second kappa shape index (κ2) is 5.57. The quantitative estimate of drug-likeness (QED) is 0.795. The Labute approximate surface area is 137 Å². The summed E-state index contributed by atoms with van der Waals surface area (Å²) in [6.07, 6.45) is 1.24. The molecule has 0 aliphatic carbocycles. The van der Waals surface area contributed by atoms with E-state index in [0.29, 0.717) is 12.5 Å². The Morgan fingerprint density at radius 3 is 2.65 bits per heavy atom. The maximum absolute atomic E-state index is 6.22. The first-order chi connectivity index (χ1) is 11.1. The van der Waals surface area contributed by atoms with Gasteiger partial charge in [-0.3, -0.25) is 0 Å². The third kappa shape index (κ3) is 3.20. The Bertz CT molecular complexity index is 689. The zero-order valence-corrected chi connectivity index (χ0v) is 13.6. The van der Waals surface area contributed by atoms with E-state index < -0.39 is 0 Å². The number of epoxide rings is 1. The van der Waals surface area contributed by atoms with Crippen molar-refractivity contribution in [3.63, 3.8) is 0 Å². The molecule has 2 aliphatic heterocycles. The van der Waals surface area contributed by atoms with E-state index in [4.69, 9.17) is 14.2 Å². The van der Waals surface area contributed by atoms with Crippen LogP contribution in [0.25, 0.3) is 0 Å². The predicted octanol–water partition coefficient (Wildman–Crippen LogP) is 4.16. The van der Waals surface area contributed by atoms with E-state index in [9.17, 15) is 0 Å². The van der Waals surface area contributed by atoms with Crippen LogP contribution < -0.4 is 9.47 Å². The predicted molar refractivity (Wildman–Crippen MR) is 89.3 cm³/mol. The monoisotopic (exact) mass is 310 g/mol. The first-order valence-electron chi connectivity index (χ1n) is 8.23. The average molecular weight is 310 g/mol. The largest absolute Gasteiger partial charge is 0.491 e. The van der Waals surface area contributed by atoms with Gasteiger partial charge in [0.15, 0.2) is 0 Å². The highest BCUT2D eigenvalue weighted by Gasteiger charge is 2.34. The zero-order chi connectivity index (χ0) is 15.9. The molecule has 2 aromatic carbocycles. The van der Waals surface area contributed by atoms with Gasteiger partial charge in [-0.15, -0.1) is 0 Å². The van der Waals surface area contributed by atoms with Crippen molar-refractivity contribution in [1.29, 1.82) is 0 Å². The van der Waals surface area contributed by atoms with Crippen LogP contribution in [-0.2, 0) is 4.74 Å². The molecule has 0 N–H and O–H groups in total. The lowest BCUT2D eigenvalue weighted by atomic mass is 9.80. The molecule has 1 fully saturated rings. The summed E-state index contributed by atoms with van der Waals surface area (Å²) < 4.78 is 17.2. The van der Waals surface area contributed by atoms with Crippen LogP contribution >= 0.6 is 0 Å². The highest BCUT2D eigenvalue weighted by molar-refractivity contribution is 5.48. The van der Waals surface area contributed by atoms with Crippen molar-refractivity contribution < 1.29 is 14.2 Å². The molecule has 0 saturated carbocycles. The van der Waals surface area contributed by atoms with Crippen LogP contribution in [-0.4, -0.2) is 24.9 Å². The molecule has 1 saturated heterocycles. The molecule has 2 aliphatic rings. The summed E-state index contributed by atoms with van der Waals surface area (Å²) in [4.78, 5) is 0. The van der Waals surface area contributed by atoms with Crippen LogP contribution in [0.4, 0.5) is 0 Å². The molecule has 0 aromatic heterocycles. The molecule has 23 heavy (non-hydrogen) atoms. The Balaban J connectivity index is 1.66. The lowest BCUT2D eigenvalue weighted by Gasteiger charge is -2.38. The number of ether oxygens (including phenoxy) is 3. The first-order valence-corrected chi connectivity index (χ1v) is 8.23. The molecule has 0 amide bonds. The molecule has 2 heterocycles. The molecule has 120 valence electrons. The minimum Gasteiger partial charge on any atom is -0.491 e. The van der Waals surface area contributed by atoms with Gasteiger partial charge in [-0.1, -0.05) is 36.4 Å². The second-order valence-corrected chi connectivity index (χ2v) is 7.00. The summed E-state index contributed by atoms with van der Waals surface area (Å²) in [5.41, 5.74) is 2.39. The molecule has 2 unspecified atom stereocenters. The SMILES string of the molecule is CC1(C)CC(c2ccccc2)c2ccc(OCC3CO3)cc2O1. The second-order valence-electron chi connectivity index (χ2n) is 7.00. The zero-order valence-electron chi connectivity index (χ0n) is 13.6. The maximum Gasteiger partial charge on any atom is 0.127 e. The summed E-state index contributed by atoms with van der Waals surface area (Å²) in [7, 11) is 0. The number of rotatable bonds is 4. The van der Waals surface area contributed by atoms with Gasteiger partial charge in [-0.2, -0.15) is 0 Å². The summed E-state index contributed by atoms with van der Waals surface area (Å²) in [5.74, 6) is 2.14. The van der Waals surface area contributed by atoms with E-state index in [2.05, 4.69) is 50.2 Å². The maximum atomic E-state index is 6.22. The molecular formula is C20H22O3. The minimum absolute atomic E-state index is 0.189. The van der Waals surface area contributed by atoms with Gasteiger partial charge in [0.05, 0.1) is 6.61 Å². The van der Waals surface area contributed by atoms with Crippen molar-refractivity contribution in [2.24, 2.45) is 0 Å². The van der Waals surface area contributed by atoms with Gasteiger partial charge in [-0.25, -0.2) is 0 Å². The minimum atomic E-state index is -0.189. The highest BCUT2D eigenvalue weighted by atomic mass is 16.6. The molecule has 2 aromatic rings. The van der Waals surface area contributed by atoms with Gasteiger partial charge in [0.1, 0.15) is 29.8 Å². The van der Waals surface area contributed by atoms with Crippen molar-refractivity contribution in [3.8, 4) is 11.5 Å². The standard InChI is InChI=1S/C20H22O3/c1-20(2)11-18(14-6-4-3-5-7-14)17-9-8-15(10-19(17)23-20)21-12-16-13-22-16/h3-10,16,18H,11-13H2,1-2H3. The molecule has 3 heteroatoms. The van der Waals surface area contributed by atoms with Gasteiger partial charge in [0.2, 0.25) is 0 Å². The highest BCUT2D eigenvalue weighted by Crippen LogP contribution is 2.45. The fourth-order valence-electron chi connectivity index (χ4n) is 3.26. The van der Waals surface area contributed by atoms with Crippen LogP contribution in [0.1, 0.15) is 37.3 Å². The van der Waals surface area contributed by atoms with Gasteiger partial charge >= 0.3 is 0 Å². The van der Waals surface area contributed by atoms with Gasteiger partial charge < -0.3 is 14.2 Å². The molecule has 2 atom stereocenters. The van der Waals surface area contributed by atoms with Crippen LogP contribution in [0.2, 0.25) is 0 Å². The van der Waals surface area contributed by atoms with Crippen LogP contribution in [0.3, 0.4) is 0 Å². The molecule has 3 nitrogen and oxygen atoms in total. The topological polar surface area (TPSA) is 31.0 Å². The summed E-state index contributed by atoms with van der Waals surface area (Å²) >= 11 is 0. The van der Waals surface area contributed by atoms with E-state index >= 15 is 0 Å². The molecule has 4 rings (SSSR count). The van der Waals surface area contributed by atoms with E-state index in [-0.39, 0.29) is 11.7 Å². The number of hydrogen-bond acceptors (Lipinski definition) is 3. The number of hydrogen-bond donors (Lipinski definition) is 0. The Kier molecular flexibility index (Phi) is 3.53. The van der Waals surface area contributed by atoms with Gasteiger partial charge in [-0.05, 0) is 31.9 Å². The number of benzene rings is 2. The third-order valence-electron chi connectivity index (χ3n) is 4.48. The fraction of sp³-hybridized carbons (Fsp3) is 0.400. The Hall–Kier alpha value is -2.00. The smallest absolute Gasteiger partial charge is 0.127 e. The fourth-order valence-corrected chi connectivity index (χ4v) is 3.26. The normalized spacial score (nSPS) is 24.4. The molecule has 0 bridgehead atoms. The number of fused-ring (bicyclic) bond motifs is 1. The molecule has 0 spiro atoms. The lowest BCUT2D eigenvalue weighted by Crippen LogP contribution is -2.35. The van der Waals surface area contributed by atoms with E-state index in [0.717, 1.165) is 24.5 Å². The van der Waals surface area contributed by atoms with E-state index in [1.165, 1.54) is 11.1 Å². The van der Waals surface area contributed by atoms with Crippen molar-refractivity contribution in [2.45, 2.75) is 37.9 Å². The van der Waals surface area contributed by atoms with Crippen LogP contribution in [0.5, 0.6) is 11.5 Å². The van der Waals surface area contributed by atoms with Crippen molar-refractivity contribution in [1.82, 2.24) is 0 Å². The van der Waals surface area contributed by atoms with Crippen LogP contribution in [0.15, 0.2) is 48.5 Å². The Morgan fingerprint density at radius 2 is 1.91 bits per heavy atom. The third-order valence-corrected chi connectivity index (χ3v) is 4.48. The van der Waals surface area contributed by atoms with Crippen molar-refractivity contribution in [2.75, 3.05) is 13.2 Å². The van der Waals surface area contributed by atoms with E-state index in [1.54, 1.807) is 0 Å². The molecule has 0 radical (unpaired) electrons. The average Bonchev–Trinajstić information content (AvgIpc) is 3.36. The molecular weight excluding hydrogens is 288 g/mol. The summed E-state index contributed by atoms with van der Waals surface area (Å²) in [6.45, 7) is 5.73. The van der Waals surface area contributed by atoms with Gasteiger partial charge in [0, 0.05) is 17.5 Å². The van der Waals surface area contributed by atoms with E-state index in [1.807, 2.05) is 12.1 Å². The van der Waals surface area contributed by atoms with Crippen molar-refractivity contribution >= 4 is 0 Å². The summed E-state index contributed by atoms with van der Waals surface area (Å²) in [6, 6.07) is 16.9. The van der Waals surface area contributed by atoms with Crippen molar-refractivity contribution in [3.05, 3.63) is 59.7 Å². The Morgan fingerprint density at radius 1 is 1.13 bits per heavy atom.